The molecular formula is C15H12ClN3O2. The number of carbonyl (C=O) groups is 1. The zero-order chi connectivity index (χ0) is 15.1. The summed E-state index contributed by atoms with van der Waals surface area (Å²) in [5.41, 5.74) is 1.53. The molecule has 0 bridgehead atoms. The predicted molar refractivity (Wildman–Crippen MR) is 80.0 cm³/mol. The van der Waals surface area contributed by atoms with E-state index in [4.69, 9.17) is 16.7 Å². The average molecular weight is 302 g/mol. The van der Waals surface area contributed by atoms with Crippen molar-refractivity contribution >= 4 is 23.2 Å². The van der Waals surface area contributed by atoms with Gasteiger partial charge in [0.05, 0.1) is 30.3 Å². The lowest BCUT2D eigenvalue weighted by Crippen LogP contribution is -2.13. The normalized spacial score (nSPS) is 9.62. The van der Waals surface area contributed by atoms with Crippen molar-refractivity contribution < 1.29 is 9.90 Å². The van der Waals surface area contributed by atoms with Crippen molar-refractivity contribution in [1.82, 2.24) is 10.2 Å². The maximum Gasteiger partial charge on any atom is 0.257 e. The number of rotatable bonds is 3. The van der Waals surface area contributed by atoms with E-state index in [0.29, 0.717) is 28.3 Å². The Morgan fingerprint density at radius 1 is 1.33 bits per heavy atom. The first kappa shape index (κ1) is 15.0. The van der Waals surface area contributed by atoms with Crippen LogP contribution < -0.4 is 5.32 Å². The average Bonchev–Trinajstić information content (AvgIpc) is 2.51. The first-order chi connectivity index (χ1) is 10.2. The van der Waals surface area contributed by atoms with E-state index in [1.165, 1.54) is 12.4 Å². The van der Waals surface area contributed by atoms with Gasteiger partial charge in [0.25, 0.3) is 5.91 Å². The van der Waals surface area contributed by atoms with Gasteiger partial charge in [-0.2, -0.15) is 10.2 Å². The molecule has 0 aliphatic rings. The highest BCUT2D eigenvalue weighted by atomic mass is 35.5. The van der Waals surface area contributed by atoms with Gasteiger partial charge in [-0.05, 0) is 24.3 Å². The lowest BCUT2D eigenvalue weighted by molar-refractivity contribution is 0.102. The topological polar surface area (TPSA) is 75.1 Å². The van der Waals surface area contributed by atoms with Gasteiger partial charge in [0.2, 0.25) is 0 Å². The van der Waals surface area contributed by atoms with E-state index in [2.05, 4.69) is 27.4 Å². The van der Waals surface area contributed by atoms with Crippen LogP contribution in [0.3, 0.4) is 0 Å². The molecular weight excluding hydrogens is 290 g/mol. The predicted octanol–water partition coefficient (Wildman–Crippen LogP) is 2.12. The minimum absolute atomic E-state index is 0.0159. The fourth-order valence-corrected chi connectivity index (χ4v) is 1.73. The molecule has 6 heteroatoms. The summed E-state index contributed by atoms with van der Waals surface area (Å²) in [5, 5.41) is 19.3. The minimum Gasteiger partial charge on any atom is -0.395 e. The van der Waals surface area contributed by atoms with Crippen LogP contribution in [-0.2, 0) is 0 Å². The largest absolute Gasteiger partial charge is 0.395 e. The Bertz CT molecular complexity index is 693. The molecule has 1 aromatic heterocycles. The number of aromatic nitrogens is 2. The van der Waals surface area contributed by atoms with Gasteiger partial charge in [0.1, 0.15) is 0 Å². The Hall–Kier alpha value is -2.42. The van der Waals surface area contributed by atoms with Gasteiger partial charge >= 0.3 is 0 Å². The number of halogens is 1. The molecule has 0 aliphatic carbocycles. The van der Waals surface area contributed by atoms with E-state index >= 15 is 0 Å². The highest BCUT2D eigenvalue weighted by Crippen LogP contribution is 2.20. The molecule has 0 saturated carbocycles. The first-order valence-corrected chi connectivity index (χ1v) is 6.56. The van der Waals surface area contributed by atoms with Crippen molar-refractivity contribution in [3.05, 3.63) is 52.8 Å². The minimum atomic E-state index is -0.308. The Morgan fingerprint density at radius 2 is 2.19 bits per heavy atom. The summed E-state index contributed by atoms with van der Waals surface area (Å²) < 4.78 is 0. The second-order valence-electron chi connectivity index (χ2n) is 4.05. The van der Waals surface area contributed by atoms with Gasteiger partial charge in [-0.3, -0.25) is 4.79 Å². The molecule has 0 saturated heterocycles. The van der Waals surface area contributed by atoms with Crippen molar-refractivity contribution in [2.75, 3.05) is 11.9 Å². The van der Waals surface area contributed by atoms with Gasteiger partial charge in [0.15, 0.2) is 0 Å². The molecule has 0 spiro atoms. The van der Waals surface area contributed by atoms with Gasteiger partial charge in [-0.15, -0.1) is 0 Å². The monoisotopic (exact) mass is 301 g/mol. The molecule has 5 nitrogen and oxygen atoms in total. The number of nitrogens with one attached hydrogen (secondary N) is 1. The lowest BCUT2D eigenvalue weighted by atomic mass is 10.1. The van der Waals surface area contributed by atoms with Crippen LogP contribution in [0.2, 0.25) is 5.02 Å². The van der Waals surface area contributed by atoms with E-state index in [1.54, 1.807) is 24.3 Å². The standard InChI is InChI=1S/C15H12ClN3O2/c16-13-4-5-14(11(9-13)3-1-2-8-20)19-15(21)12-6-7-17-18-10-12/h4-7,9-10,20H,2,8H2,(H,19,21). The van der Waals surface area contributed by atoms with E-state index in [9.17, 15) is 4.79 Å². The smallest absolute Gasteiger partial charge is 0.257 e. The molecule has 106 valence electrons. The molecule has 0 fully saturated rings. The summed E-state index contributed by atoms with van der Waals surface area (Å²) in [4.78, 5) is 12.1. The van der Waals surface area contributed by atoms with Crippen LogP contribution in [0.5, 0.6) is 0 Å². The van der Waals surface area contributed by atoms with Crippen LogP contribution in [0.25, 0.3) is 0 Å². The summed E-state index contributed by atoms with van der Waals surface area (Å²) in [6.45, 7) is -0.0159. The molecule has 0 atom stereocenters. The number of benzene rings is 1. The quantitative estimate of drug-likeness (QED) is 0.852. The second kappa shape index (κ2) is 7.39. The van der Waals surface area contributed by atoms with Gasteiger partial charge in [-0.1, -0.05) is 23.4 Å². The van der Waals surface area contributed by atoms with Gasteiger partial charge in [-0.25, -0.2) is 0 Å². The molecule has 21 heavy (non-hydrogen) atoms. The molecule has 0 unspecified atom stereocenters. The second-order valence-corrected chi connectivity index (χ2v) is 4.49. The Labute approximate surface area is 127 Å². The van der Waals surface area contributed by atoms with Crippen LogP contribution in [0.4, 0.5) is 5.69 Å². The molecule has 1 amide bonds. The summed E-state index contributed by atoms with van der Waals surface area (Å²) in [5.74, 6) is 5.37. The summed E-state index contributed by atoms with van der Waals surface area (Å²) >= 11 is 5.94. The third kappa shape index (κ3) is 4.28. The van der Waals surface area contributed by atoms with Gasteiger partial charge in [0, 0.05) is 17.0 Å². The van der Waals surface area contributed by atoms with Crippen LogP contribution in [0, 0.1) is 11.8 Å². The van der Waals surface area contributed by atoms with E-state index in [-0.39, 0.29) is 12.5 Å². The Balaban J connectivity index is 2.24. The van der Waals surface area contributed by atoms with Crippen LogP contribution in [0.1, 0.15) is 22.3 Å². The van der Waals surface area contributed by atoms with E-state index < -0.39 is 0 Å². The van der Waals surface area contributed by atoms with Gasteiger partial charge < -0.3 is 10.4 Å². The molecule has 2 rings (SSSR count). The number of aliphatic hydroxyl groups excluding tert-OH is 1. The van der Waals surface area contributed by atoms with Crippen molar-refractivity contribution in [1.29, 1.82) is 0 Å². The van der Waals surface area contributed by atoms with Crippen molar-refractivity contribution in [3.8, 4) is 11.8 Å². The molecule has 1 aromatic carbocycles. The Morgan fingerprint density at radius 3 is 2.90 bits per heavy atom. The maximum atomic E-state index is 12.1. The van der Waals surface area contributed by atoms with Crippen molar-refractivity contribution in [2.45, 2.75) is 6.42 Å². The van der Waals surface area contributed by atoms with Crippen molar-refractivity contribution in [2.24, 2.45) is 0 Å². The zero-order valence-electron chi connectivity index (χ0n) is 11.0. The number of amides is 1. The Kier molecular flexibility index (Phi) is 5.27. The number of anilines is 1. The van der Waals surface area contributed by atoms with E-state index in [0.717, 1.165) is 0 Å². The molecule has 2 aromatic rings. The van der Waals surface area contributed by atoms with E-state index in [1.807, 2.05) is 0 Å². The number of aliphatic hydroxyl groups is 1. The lowest BCUT2D eigenvalue weighted by Gasteiger charge is -2.07. The third-order valence-electron chi connectivity index (χ3n) is 2.54. The highest BCUT2D eigenvalue weighted by molar-refractivity contribution is 6.30. The fraction of sp³-hybridized carbons (Fsp3) is 0.133. The third-order valence-corrected chi connectivity index (χ3v) is 2.77. The first-order valence-electron chi connectivity index (χ1n) is 6.18. The van der Waals surface area contributed by atoms with Crippen molar-refractivity contribution in [3.63, 3.8) is 0 Å². The van der Waals surface area contributed by atoms with Crippen LogP contribution in [-0.4, -0.2) is 27.8 Å². The van der Waals surface area contributed by atoms with Crippen LogP contribution in [0.15, 0.2) is 36.7 Å². The molecule has 0 radical (unpaired) electrons. The highest BCUT2D eigenvalue weighted by Gasteiger charge is 2.09. The molecule has 2 N–H and O–H groups in total. The van der Waals surface area contributed by atoms with Crippen LogP contribution >= 0.6 is 11.6 Å². The summed E-state index contributed by atoms with van der Waals surface area (Å²) in [6.07, 6.45) is 3.18. The number of carbonyl (C=O) groups excluding carboxylic acids is 1. The maximum absolute atomic E-state index is 12.1. The molecule has 0 aliphatic heterocycles. The summed E-state index contributed by atoms with van der Waals surface area (Å²) in [6, 6.07) is 6.57. The molecule has 1 heterocycles. The number of hydrogen-bond acceptors (Lipinski definition) is 4. The fourth-order valence-electron chi connectivity index (χ4n) is 1.56. The number of hydrogen-bond donors (Lipinski definition) is 2. The number of nitrogens with zero attached hydrogens (tertiary/aromatic N) is 2. The zero-order valence-corrected chi connectivity index (χ0v) is 11.8. The summed E-state index contributed by atoms with van der Waals surface area (Å²) in [7, 11) is 0. The SMILES string of the molecule is O=C(Nc1ccc(Cl)cc1C#CCCO)c1ccnnc1.